The first-order chi connectivity index (χ1) is 9.01. The van der Waals surface area contributed by atoms with Gasteiger partial charge in [0.05, 0.1) is 5.75 Å². The van der Waals surface area contributed by atoms with E-state index in [0.717, 1.165) is 19.4 Å². The van der Waals surface area contributed by atoms with Crippen LogP contribution in [0.15, 0.2) is 4.99 Å². The van der Waals surface area contributed by atoms with Crippen LogP contribution in [0.3, 0.4) is 0 Å². The van der Waals surface area contributed by atoms with E-state index in [1.54, 1.807) is 7.05 Å². The van der Waals surface area contributed by atoms with Gasteiger partial charge in [-0.15, -0.1) is 24.0 Å². The molecule has 0 fully saturated rings. The summed E-state index contributed by atoms with van der Waals surface area (Å²) in [7, 11) is -1.48. The van der Waals surface area contributed by atoms with Gasteiger partial charge >= 0.3 is 0 Å². The van der Waals surface area contributed by atoms with E-state index < -0.39 is 10.0 Å². The van der Waals surface area contributed by atoms with Crippen molar-refractivity contribution in [3.8, 4) is 0 Å². The van der Waals surface area contributed by atoms with Crippen LogP contribution in [0, 0.1) is 0 Å². The predicted molar refractivity (Wildman–Crippen MR) is 96.4 cm³/mol. The summed E-state index contributed by atoms with van der Waals surface area (Å²) in [5.41, 5.74) is 0. The molecule has 8 heteroatoms. The fourth-order valence-electron chi connectivity index (χ4n) is 1.65. The molecule has 0 bridgehead atoms. The molecule has 0 spiro atoms. The number of aliphatic imine (C=N–C) groups is 1. The monoisotopic (exact) mass is 420 g/mol. The average Bonchev–Trinajstić information content (AvgIpc) is 2.38. The van der Waals surface area contributed by atoms with E-state index in [1.165, 1.54) is 4.31 Å². The second-order valence-electron chi connectivity index (χ2n) is 4.18. The minimum atomic E-state index is -3.16. The Kier molecular flexibility index (Phi) is 14.0. The van der Waals surface area contributed by atoms with Crippen molar-refractivity contribution in [3.05, 3.63) is 0 Å². The Morgan fingerprint density at radius 3 is 2.10 bits per heavy atom. The molecule has 0 saturated heterocycles. The lowest BCUT2D eigenvalue weighted by atomic mass is 10.3. The molecular formula is C12H29IN4O2S. The predicted octanol–water partition coefficient (Wildman–Crippen LogP) is 1.24. The molecule has 0 aliphatic carbocycles. The molecule has 0 radical (unpaired) electrons. The third kappa shape index (κ3) is 8.96. The molecule has 0 unspecified atom stereocenters. The largest absolute Gasteiger partial charge is 0.356 e. The van der Waals surface area contributed by atoms with Gasteiger partial charge in [-0.3, -0.25) is 4.99 Å². The van der Waals surface area contributed by atoms with Gasteiger partial charge in [0.1, 0.15) is 0 Å². The lowest BCUT2D eigenvalue weighted by Crippen LogP contribution is -2.42. The topological polar surface area (TPSA) is 73.8 Å². The summed E-state index contributed by atoms with van der Waals surface area (Å²) in [6.45, 7) is 8.06. The van der Waals surface area contributed by atoms with E-state index in [4.69, 9.17) is 0 Å². The maximum Gasteiger partial charge on any atom is 0.215 e. The summed E-state index contributed by atoms with van der Waals surface area (Å²) in [4.78, 5) is 4.05. The van der Waals surface area contributed by atoms with Crippen molar-refractivity contribution >= 4 is 40.0 Å². The van der Waals surface area contributed by atoms with Crippen molar-refractivity contribution in [2.24, 2.45) is 4.99 Å². The minimum absolute atomic E-state index is 0. The van der Waals surface area contributed by atoms with Gasteiger partial charge in [-0.2, -0.15) is 0 Å². The van der Waals surface area contributed by atoms with E-state index in [9.17, 15) is 8.42 Å². The quantitative estimate of drug-likeness (QED) is 0.255. The summed E-state index contributed by atoms with van der Waals surface area (Å²) >= 11 is 0. The number of halogens is 1. The molecule has 0 aromatic carbocycles. The maximum absolute atomic E-state index is 11.9. The SMILES string of the molecule is CCCCNC(=NC)NCCS(=O)(=O)N(CC)CC.I. The van der Waals surface area contributed by atoms with Crippen LogP contribution in [0.5, 0.6) is 0 Å². The number of sulfonamides is 1. The highest BCUT2D eigenvalue weighted by Gasteiger charge is 2.17. The number of guanidine groups is 1. The average molecular weight is 420 g/mol. The summed E-state index contributed by atoms with van der Waals surface area (Å²) in [5, 5.41) is 6.16. The van der Waals surface area contributed by atoms with Gasteiger partial charge in [0, 0.05) is 33.2 Å². The molecule has 6 nitrogen and oxygen atoms in total. The molecular weight excluding hydrogens is 391 g/mol. The number of unbranched alkanes of at least 4 members (excludes halogenated alkanes) is 1. The van der Waals surface area contributed by atoms with Crippen molar-refractivity contribution < 1.29 is 8.42 Å². The highest BCUT2D eigenvalue weighted by molar-refractivity contribution is 14.0. The van der Waals surface area contributed by atoms with E-state index in [0.29, 0.717) is 25.6 Å². The number of hydrogen-bond donors (Lipinski definition) is 2. The van der Waals surface area contributed by atoms with Crippen LogP contribution < -0.4 is 10.6 Å². The Balaban J connectivity index is 0. The van der Waals surface area contributed by atoms with Gasteiger partial charge in [-0.1, -0.05) is 27.2 Å². The highest BCUT2D eigenvalue weighted by Crippen LogP contribution is 1.99. The van der Waals surface area contributed by atoms with Crippen LogP contribution in [-0.2, 0) is 10.0 Å². The van der Waals surface area contributed by atoms with Crippen LogP contribution in [0.1, 0.15) is 33.6 Å². The van der Waals surface area contributed by atoms with Crippen molar-refractivity contribution in [3.63, 3.8) is 0 Å². The van der Waals surface area contributed by atoms with Crippen molar-refractivity contribution in [1.29, 1.82) is 0 Å². The van der Waals surface area contributed by atoms with Crippen molar-refractivity contribution in [1.82, 2.24) is 14.9 Å². The molecule has 0 aromatic heterocycles. The first-order valence-electron chi connectivity index (χ1n) is 6.94. The first-order valence-corrected chi connectivity index (χ1v) is 8.55. The lowest BCUT2D eigenvalue weighted by Gasteiger charge is -2.19. The van der Waals surface area contributed by atoms with Crippen molar-refractivity contribution in [2.45, 2.75) is 33.6 Å². The van der Waals surface area contributed by atoms with E-state index in [-0.39, 0.29) is 29.7 Å². The van der Waals surface area contributed by atoms with E-state index in [1.807, 2.05) is 13.8 Å². The van der Waals surface area contributed by atoms with E-state index >= 15 is 0 Å². The zero-order valence-corrected chi connectivity index (χ0v) is 16.1. The third-order valence-corrected chi connectivity index (χ3v) is 4.82. The summed E-state index contributed by atoms with van der Waals surface area (Å²) < 4.78 is 25.4. The Morgan fingerprint density at radius 1 is 1.10 bits per heavy atom. The molecule has 2 N–H and O–H groups in total. The fraction of sp³-hybridized carbons (Fsp3) is 0.917. The van der Waals surface area contributed by atoms with E-state index in [2.05, 4.69) is 22.5 Å². The maximum atomic E-state index is 11.9. The standard InChI is InChI=1S/C12H28N4O2S.HI/c1-5-8-9-14-12(13-4)15-10-11-19(17,18)16(6-2)7-3;/h5-11H2,1-4H3,(H2,13,14,15);1H. The highest BCUT2D eigenvalue weighted by atomic mass is 127. The second-order valence-corrected chi connectivity index (χ2v) is 6.27. The Morgan fingerprint density at radius 2 is 1.65 bits per heavy atom. The molecule has 0 rings (SSSR count). The third-order valence-electron chi connectivity index (χ3n) is 2.80. The fourth-order valence-corrected chi connectivity index (χ4v) is 3.05. The summed E-state index contributed by atoms with van der Waals surface area (Å²) in [6, 6.07) is 0. The number of nitrogens with zero attached hydrogens (tertiary/aromatic N) is 2. The molecule has 0 aliphatic heterocycles. The van der Waals surface area contributed by atoms with Crippen LogP contribution in [-0.4, -0.2) is 57.7 Å². The van der Waals surface area contributed by atoms with Gasteiger partial charge in [-0.25, -0.2) is 12.7 Å². The molecule has 0 aromatic rings. The van der Waals surface area contributed by atoms with Gasteiger partial charge in [0.25, 0.3) is 0 Å². The van der Waals surface area contributed by atoms with Gasteiger partial charge in [0.2, 0.25) is 10.0 Å². The Bertz CT molecular complexity index is 356. The molecule has 20 heavy (non-hydrogen) atoms. The van der Waals surface area contributed by atoms with Crippen LogP contribution in [0.25, 0.3) is 0 Å². The van der Waals surface area contributed by atoms with Crippen LogP contribution >= 0.6 is 24.0 Å². The Hall–Kier alpha value is -0.0900. The molecule has 0 aliphatic rings. The summed E-state index contributed by atoms with van der Waals surface area (Å²) in [6.07, 6.45) is 2.18. The molecule has 0 amide bonds. The minimum Gasteiger partial charge on any atom is -0.356 e. The molecule has 0 heterocycles. The molecule has 0 saturated carbocycles. The zero-order chi connectivity index (χ0) is 14.7. The summed E-state index contributed by atoms with van der Waals surface area (Å²) in [5.74, 6) is 0.742. The number of nitrogens with one attached hydrogen (secondary N) is 2. The van der Waals surface area contributed by atoms with Crippen LogP contribution in [0.4, 0.5) is 0 Å². The Labute approximate surface area is 140 Å². The van der Waals surface area contributed by atoms with Gasteiger partial charge < -0.3 is 10.6 Å². The van der Waals surface area contributed by atoms with Crippen LogP contribution in [0.2, 0.25) is 0 Å². The molecule has 0 atom stereocenters. The smallest absolute Gasteiger partial charge is 0.215 e. The number of hydrogen-bond acceptors (Lipinski definition) is 3. The zero-order valence-electron chi connectivity index (χ0n) is 13.0. The lowest BCUT2D eigenvalue weighted by molar-refractivity contribution is 0.445. The van der Waals surface area contributed by atoms with Crippen molar-refractivity contribution in [2.75, 3.05) is 39.0 Å². The second kappa shape index (κ2) is 12.6. The molecule has 122 valence electrons. The van der Waals surface area contributed by atoms with Gasteiger partial charge in [0.15, 0.2) is 5.96 Å². The normalized spacial score (nSPS) is 12.2. The number of rotatable bonds is 9. The first kappa shape index (κ1) is 22.2. The van der Waals surface area contributed by atoms with Gasteiger partial charge in [-0.05, 0) is 6.42 Å².